The van der Waals surface area contributed by atoms with Gasteiger partial charge in [-0.05, 0) is 19.3 Å². The molecule has 0 radical (unpaired) electrons. The molecule has 2 heterocycles. The van der Waals surface area contributed by atoms with E-state index < -0.39 is 0 Å². The molecule has 0 aromatic carbocycles. The third-order valence-electron chi connectivity index (χ3n) is 4.71. The highest BCUT2D eigenvalue weighted by Crippen LogP contribution is 2.43. The maximum Gasteiger partial charge on any atom is 0.141 e. The Kier molecular flexibility index (Phi) is 4.42. The molecular weight excluding hydrogens is 266 g/mol. The minimum atomic E-state index is -0.0660. The number of aryl methyl sites for hydroxylation is 1. The number of aliphatic hydroxyl groups is 1. The summed E-state index contributed by atoms with van der Waals surface area (Å²) in [5.41, 5.74) is 2.32. The minimum Gasteiger partial charge on any atom is -0.506 e. The lowest BCUT2D eigenvalue weighted by Gasteiger charge is -2.36. The molecule has 116 valence electrons. The van der Waals surface area contributed by atoms with E-state index >= 15 is 0 Å². The first-order valence-electron chi connectivity index (χ1n) is 7.93. The van der Waals surface area contributed by atoms with E-state index in [0.717, 1.165) is 49.6 Å². The average molecular weight is 291 g/mol. The van der Waals surface area contributed by atoms with Crippen molar-refractivity contribution in [2.45, 2.75) is 38.8 Å². The standard InChI is InChI=1S/C16H25N3O2/c1-11-16(21)15(13(10-20)9-18-11)14(8-12-2-3-12)19-6-4-17-5-7-19/h9,12,14,17,20-21H,2-8,10H2,1H3/t14-/m0/s1. The van der Waals surface area contributed by atoms with Crippen LogP contribution >= 0.6 is 0 Å². The summed E-state index contributed by atoms with van der Waals surface area (Å²) in [7, 11) is 0. The van der Waals surface area contributed by atoms with Crippen LogP contribution in [-0.4, -0.2) is 46.3 Å². The molecule has 0 amide bonds. The quantitative estimate of drug-likeness (QED) is 0.764. The Balaban J connectivity index is 1.96. The maximum atomic E-state index is 10.5. The summed E-state index contributed by atoms with van der Waals surface area (Å²) in [4.78, 5) is 6.64. The van der Waals surface area contributed by atoms with E-state index in [0.29, 0.717) is 5.69 Å². The Labute approximate surface area is 126 Å². The van der Waals surface area contributed by atoms with Crippen LogP contribution in [0.1, 0.15) is 42.1 Å². The third-order valence-corrected chi connectivity index (χ3v) is 4.71. The lowest BCUT2D eigenvalue weighted by atomic mass is 9.94. The first-order chi connectivity index (χ1) is 10.2. The van der Waals surface area contributed by atoms with Gasteiger partial charge in [-0.25, -0.2) is 0 Å². The van der Waals surface area contributed by atoms with Crippen molar-refractivity contribution >= 4 is 0 Å². The predicted molar refractivity (Wildman–Crippen MR) is 81.1 cm³/mol. The second-order valence-electron chi connectivity index (χ2n) is 6.27. The fraction of sp³-hybridized carbons (Fsp3) is 0.688. The van der Waals surface area contributed by atoms with E-state index in [1.54, 1.807) is 6.20 Å². The molecule has 21 heavy (non-hydrogen) atoms. The molecule has 2 fully saturated rings. The Bertz CT molecular complexity index is 497. The van der Waals surface area contributed by atoms with Crippen LogP contribution in [0.4, 0.5) is 0 Å². The first kappa shape index (κ1) is 14.8. The first-order valence-corrected chi connectivity index (χ1v) is 7.93. The smallest absolute Gasteiger partial charge is 0.141 e. The van der Waals surface area contributed by atoms with Gasteiger partial charge in [-0.3, -0.25) is 9.88 Å². The molecular formula is C16H25N3O2. The highest BCUT2D eigenvalue weighted by molar-refractivity contribution is 5.43. The van der Waals surface area contributed by atoms with Gasteiger partial charge in [0.05, 0.1) is 12.3 Å². The van der Waals surface area contributed by atoms with Gasteiger partial charge < -0.3 is 15.5 Å². The number of aromatic nitrogens is 1. The van der Waals surface area contributed by atoms with Crippen LogP contribution < -0.4 is 5.32 Å². The Morgan fingerprint density at radius 2 is 2.10 bits per heavy atom. The topological polar surface area (TPSA) is 68.6 Å². The van der Waals surface area contributed by atoms with E-state index in [1.165, 1.54) is 12.8 Å². The monoisotopic (exact) mass is 291 g/mol. The van der Waals surface area contributed by atoms with Gasteiger partial charge in [0.25, 0.3) is 0 Å². The van der Waals surface area contributed by atoms with Crippen molar-refractivity contribution in [2.24, 2.45) is 5.92 Å². The number of nitrogens with one attached hydrogen (secondary N) is 1. The lowest BCUT2D eigenvalue weighted by molar-refractivity contribution is 0.155. The Morgan fingerprint density at radius 3 is 2.71 bits per heavy atom. The molecule has 1 aliphatic heterocycles. The molecule has 1 saturated heterocycles. The molecule has 5 heteroatoms. The van der Waals surface area contributed by atoms with E-state index in [1.807, 2.05) is 6.92 Å². The minimum absolute atomic E-state index is 0.0660. The van der Waals surface area contributed by atoms with Gasteiger partial charge in [-0.15, -0.1) is 0 Å². The molecule has 0 unspecified atom stereocenters. The summed E-state index contributed by atoms with van der Waals surface area (Å²) in [6, 6.07) is 0.198. The van der Waals surface area contributed by atoms with Crippen molar-refractivity contribution in [3.63, 3.8) is 0 Å². The summed E-state index contributed by atoms with van der Waals surface area (Å²) < 4.78 is 0. The molecule has 1 aromatic rings. The fourth-order valence-corrected chi connectivity index (χ4v) is 3.26. The summed E-state index contributed by atoms with van der Waals surface area (Å²) in [5.74, 6) is 1.04. The molecule has 1 aromatic heterocycles. The molecule has 3 rings (SSSR count). The lowest BCUT2D eigenvalue weighted by Crippen LogP contribution is -2.45. The van der Waals surface area contributed by atoms with Crippen molar-refractivity contribution in [1.29, 1.82) is 0 Å². The van der Waals surface area contributed by atoms with Crippen LogP contribution in [-0.2, 0) is 6.61 Å². The Morgan fingerprint density at radius 1 is 1.38 bits per heavy atom. The van der Waals surface area contributed by atoms with Crippen molar-refractivity contribution in [3.05, 3.63) is 23.0 Å². The second kappa shape index (κ2) is 6.30. The number of hydrogen-bond donors (Lipinski definition) is 3. The van der Waals surface area contributed by atoms with Crippen LogP contribution in [0.5, 0.6) is 5.75 Å². The zero-order chi connectivity index (χ0) is 14.8. The van der Waals surface area contributed by atoms with Crippen molar-refractivity contribution < 1.29 is 10.2 Å². The molecule has 3 N–H and O–H groups in total. The third kappa shape index (κ3) is 3.20. The average Bonchev–Trinajstić information content (AvgIpc) is 3.33. The van der Waals surface area contributed by atoms with E-state index in [9.17, 15) is 10.2 Å². The molecule has 1 atom stereocenters. The summed E-state index contributed by atoms with van der Waals surface area (Å²) in [6.07, 6.45) is 5.38. The van der Waals surface area contributed by atoms with Crippen LogP contribution in [0.3, 0.4) is 0 Å². The number of rotatable bonds is 5. The highest BCUT2D eigenvalue weighted by atomic mass is 16.3. The molecule has 0 spiro atoms. The number of nitrogens with zero attached hydrogens (tertiary/aromatic N) is 2. The molecule has 2 aliphatic rings. The van der Waals surface area contributed by atoms with Gasteiger partial charge in [0.15, 0.2) is 0 Å². The SMILES string of the molecule is Cc1ncc(CO)c([C@H](CC2CC2)N2CCNCC2)c1O. The number of hydrogen-bond acceptors (Lipinski definition) is 5. The van der Waals surface area contributed by atoms with Crippen LogP contribution in [0.15, 0.2) is 6.20 Å². The normalized spacial score (nSPS) is 21.4. The van der Waals surface area contributed by atoms with Crippen molar-refractivity contribution in [3.8, 4) is 5.75 Å². The fourth-order valence-electron chi connectivity index (χ4n) is 3.26. The van der Waals surface area contributed by atoms with E-state index in [4.69, 9.17) is 0 Å². The molecule has 0 bridgehead atoms. The van der Waals surface area contributed by atoms with Gasteiger partial charge in [0.2, 0.25) is 0 Å². The van der Waals surface area contributed by atoms with Crippen LogP contribution in [0.2, 0.25) is 0 Å². The predicted octanol–water partition coefficient (Wildman–Crippen LogP) is 1.33. The molecule has 5 nitrogen and oxygen atoms in total. The van der Waals surface area contributed by atoms with Crippen molar-refractivity contribution in [1.82, 2.24) is 15.2 Å². The second-order valence-corrected chi connectivity index (χ2v) is 6.27. The van der Waals surface area contributed by atoms with Crippen LogP contribution in [0.25, 0.3) is 0 Å². The molecule has 1 saturated carbocycles. The van der Waals surface area contributed by atoms with Gasteiger partial charge in [-0.2, -0.15) is 0 Å². The summed E-state index contributed by atoms with van der Waals surface area (Å²) in [6.45, 7) is 5.71. The van der Waals surface area contributed by atoms with Gasteiger partial charge in [0, 0.05) is 49.5 Å². The number of aromatic hydroxyl groups is 1. The molecule has 1 aliphatic carbocycles. The van der Waals surface area contributed by atoms with Gasteiger partial charge in [-0.1, -0.05) is 12.8 Å². The van der Waals surface area contributed by atoms with E-state index in [2.05, 4.69) is 15.2 Å². The van der Waals surface area contributed by atoms with Gasteiger partial charge in [0.1, 0.15) is 5.75 Å². The number of aliphatic hydroxyl groups excluding tert-OH is 1. The maximum absolute atomic E-state index is 10.5. The Hall–Kier alpha value is -1.17. The zero-order valence-corrected chi connectivity index (χ0v) is 12.7. The summed E-state index contributed by atoms with van der Waals surface area (Å²) in [5, 5.41) is 23.6. The number of piperazine rings is 1. The zero-order valence-electron chi connectivity index (χ0n) is 12.7. The van der Waals surface area contributed by atoms with E-state index in [-0.39, 0.29) is 18.4 Å². The number of pyridine rings is 1. The van der Waals surface area contributed by atoms with Gasteiger partial charge >= 0.3 is 0 Å². The highest BCUT2D eigenvalue weighted by Gasteiger charge is 2.33. The summed E-state index contributed by atoms with van der Waals surface area (Å²) >= 11 is 0. The largest absolute Gasteiger partial charge is 0.506 e. The van der Waals surface area contributed by atoms with Crippen molar-refractivity contribution in [2.75, 3.05) is 26.2 Å². The van der Waals surface area contributed by atoms with Crippen LogP contribution in [0, 0.1) is 12.8 Å².